The number of carbonyl (C=O) groups is 1. The molecule has 0 fully saturated rings. The van der Waals surface area contributed by atoms with Gasteiger partial charge in [0.15, 0.2) is 5.78 Å². The molecule has 1 aliphatic heterocycles. The highest BCUT2D eigenvalue weighted by atomic mass is 32.1. The zero-order valence-electron chi connectivity index (χ0n) is 16.3. The van der Waals surface area contributed by atoms with E-state index in [1.165, 1.54) is 6.33 Å². The number of hydrogen-bond donors (Lipinski definition) is 2. The van der Waals surface area contributed by atoms with Crippen LogP contribution in [0.15, 0.2) is 35.1 Å². The van der Waals surface area contributed by atoms with E-state index in [0.717, 1.165) is 21.0 Å². The Morgan fingerprint density at radius 1 is 1.39 bits per heavy atom. The molecule has 2 aliphatic rings. The molecular weight excluding hydrogens is 372 g/mol. The maximum absolute atomic E-state index is 13.3. The van der Waals surface area contributed by atoms with Gasteiger partial charge in [-0.3, -0.25) is 9.69 Å². The van der Waals surface area contributed by atoms with Gasteiger partial charge in [0, 0.05) is 27.4 Å². The first kappa shape index (κ1) is 18.4. The minimum Gasteiger partial charge on any atom is -0.384 e. The molecule has 1 atom stereocenters. The predicted octanol–water partition coefficient (Wildman–Crippen LogP) is 3.42. The summed E-state index contributed by atoms with van der Waals surface area (Å²) in [6, 6.07) is 4.34. The van der Waals surface area contributed by atoms with Crippen LogP contribution in [-0.4, -0.2) is 21.0 Å². The molecule has 1 aliphatic carbocycles. The average molecular weight is 395 g/mol. The molecule has 0 amide bonds. The molecule has 144 valence electrons. The van der Waals surface area contributed by atoms with Gasteiger partial charge in [-0.2, -0.15) is 15.3 Å². The number of aromatic nitrogens is 3. The largest absolute Gasteiger partial charge is 0.384 e. The van der Waals surface area contributed by atoms with Gasteiger partial charge < -0.3 is 5.73 Å². The van der Waals surface area contributed by atoms with E-state index in [9.17, 15) is 10.1 Å². The molecule has 2 aromatic rings. The Balaban J connectivity index is 2.02. The van der Waals surface area contributed by atoms with Crippen LogP contribution < -0.4 is 10.6 Å². The summed E-state index contributed by atoms with van der Waals surface area (Å²) in [6.07, 6.45) is 2.49. The minimum absolute atomic E-state index is 0.0595. The minimum atomic E-state index is -0.437. The molecule has 0 unspecified atom stereocenters. The molecule has 7 nitrogen and oxygen atoms in total. The predicted molar refractivity (Wildman–Crippen MR) is 107 cm³/mol. The highest BCUT2D eigenvalue weighted by Gasteiger charge is 2.45. The SMILES string of the molecule is Cc1cc([C@H]2C(C#N)=C(N)N(c3ncn[nH]3)C3=C2C(=O)CC(C)(C)C3)c(C)s1. The highest BCUT2D eigenvalue weighted by molar-refractivity contribution is 7.12. The molecule has 0 saturated heterocycles. The number of Topliss-reactive ketones (excluding diaryl/α,β-unsaturated/α-hetero) is 1. The van der Waals surface area contributed by atoms with Gasteiger partial charge in [-0.1, -0.05) is 13.8 Å². The van der Waals surface area contributed by atoms with Crippen molar-refractivity contribution in [1.29, 1.82) is 5.26 Å². The summed E-state index contributed by atoms with van der Waals surface area (Å²) in [7, 11) is 0. The van der Waals surface area contributed by atoms with Crippen molar-refractivity contribution >= 4 is 23.1 Å². The third-order valence-corrected chi connectivity index (χ3v) is 6.37. The van der Waals surface area contributed by atoms with Crippen LogP contribution in [-0.2, 0) is 4.79 Å². The van der Waals surface area contributed by atoms with E-state index in [1.54, 1.807) is 16.2 Å². The second-order valence-corrected chi connectivity index (χ2v) is 9.62. The number of nitrogens with zero attached hydrogens (tertiary/aromatic N) is 4. The van der Waals surface area contributed by atoms with E-state index < -0.39 is 5.92 Å². The summed E-state index contributed by atoms with van der Waals surface area (Å²) in [5, 5.41) is 16.7. The van der Waals surface area contributed by atoms with Gasteiger partial charge in [0.05, 0.1) is 17.6 Å². The number of allylic oxidation sites excluding steroid dienone is 3. The van der Waals surface area contributed by atoms with Gasteiger partial charge in [0.1, 0.15) is 12.1 Å². The highest BCUT2D eigenvalue weighted by Crippen LogP contribution is 2.50. The second kappa shape index (κ2) is 6.31. The summed E-state index contributed by atoms with van der Waals surface area (Å²) in [6.45, 7) is 8.20. The van der Waals surface area contributed by atoms with Crippen LogP contribution in [0, 0.1) is 30.6 Å². The maximum Gasteiger partial charge on any atom is 0.231 e. The second-order valence-electron chi connectivity index (χ2n) is 8.16. The lowest BCUT2D eigenvalue weighted by molar-refractivity contribution is -0.118. The molecule has 0 bridgehead atoms. The van der Waals surface area contributed by atoms with E-state index in [2.05, 4.69) is 41.2 Å². The van der Waals surface area contributed by atoms with Crippen LogP contribution in [0.2, 0.25) is 0 Å². The van der Waals surface area contributed by atoms with Crippen LogP contribution in [0.5, 0.6) is 0 Å². The van der Waals surface area contributed by atoms with Crippen LogP contribution in [0.4, 0.5) is 5.95 Å². The number of ketones is 1. The quantitative estimate of drug-likeness (QED) is 0.807. The van der Waals surface area contributed by atoms with Crippen LogP contribution in [0.1, 0.15) is 47.9 Å². The number of aromatic amines is 1. The fourth-order valence-corrected chi connectivity index (χ4v) is 5.27. The normalized spacial score (nSPS) is 21.8. The fraction of sp³-hybridized carbons (Fsp3) is 0.400. The Labute approximate surface area is 167 Å². The zero-order chi connectivity index (χ0) is 20.2. The molecular formula is C20H22N6OS. The number of thiophene rings is 1. The zero-order valence-corrected chi connectivity index (χ0v) is 17.1. The number of H-pyrrole nitrogens is 1. The molecule has 28 heavy (non-hydrogen) atoms. The number of carbonyl (C=O) groups excluding carboxylic acids is 1. The molecule has 2 aromatic heterocycles. The van der Waals surface area contributed by atoms with E-state index in [1.807, 2.05) is 13.8 Å². The van der Waals surface area contributed by atoms with Crippen LogP contribution in [0.3, 0.4) is 0 Å². The van der Waals surface area contributed by atoms with Crippen molar-refractivity contribution in [2.45, 2.75) is 46.5 Å². The first-order valence-corrected chi connectivity index (χ1v) is 9.93. The fourth-order valence-electron chi connectivity index (χ4n) is 4.31. The molecule has 0 spiro atoms. The smallest absolute Gasteiger partial charge is 0.231 e. The summed E-state index contributed by atoms with van der Waals surface area (Å²) in [4.78, 5) is 21.5. The Morgan fingerprint density at radius 3 is 2.71 bits per heavy atom. The molecule has 3 N–H and O–H groups in total. The van der Waals surface area contributed by atoms with Crippen molar-refractivity contribution in [3.05, 3.63) is 50.4 Å². The number of nitrogens with two attached hydrogens (primary N) is 1. The van der Waals surface area contributed by atoms with Crippen molar-refractivity contribution in [3.63, 3.8) is 0 Å². The molecule has 4 rings (SSSR count). The van der Waals surface area contributed by atoms with Gasteiger partial charge >= 0.3 is 0 Å². The number of hydrogen-bond acceptors (Lipinski definition) is 7. The van der Waals surface area contributed by atoms with Gasteiger partial charge in [-0.25, -0.2) is 5.10 Å². The summed E-state index contributed by atoms with van der Waals surface area (Å²) in [5.41, 5.74) is 9.13. The van der Waals surface area contributed by atoms with Crippen molar-refractivity contribution < 1.29 is 4.79 Å². The number of nitriles is 1. The van der Waals surface area contributed by atoms with E-state index >= 15 is 0 Å². The summed E-state index contributed by atoms with van der Waals surface area (Å²) >= 11 is 1.67. The lowest BCUT2D eigenvalue weighted by Crippen LogP contribution is -2.42. The molecule has 3 heterocycles. The third kappa shape index (κ3) is 2.74. The third-order valence-electron chi connectivity index (χ3n) is 5.39. The number of rotatable bonds is 2. The summed E-state index contributed by atoms with van der Waals surface area (Å²) in [5.74, 6) is 0.341. The van der Waals surface area contributed by atoms with Crippen LogP contribution >= 0.6 is 11.3 Å². The lowest BCUT2D eigenvalue weighted by Gasteiger charge is -2.42. The molecule has 0 aromatic carbocycles. The number of nitrogens with one attached hydrogen (secondary N) is 1. The van der Waals surface area contributed by atoms with Gasteiger partial charge in [0.2, 0.25) is 5.95 Å². The van der Waals surface area contributed by atoms with Crippen LogP contribution in [0.25, 0.3) is 0 Å². The molecule has 8 heteroatoms. The Hall–Kier alpha value is -2.92. The van der Waals surface area contributed by atoms with E-state index in [4.69, 9.17) is 5.73 Å². The summed E-state index contributed by atoms with van der Waals surface area (Å²) < 4.78 is 0. The van der Waals surface area contributed by atoms with Crippen molar-refractivity contribution in [2.24, 2.45) is 11.1 Å². The molecule has 0 radical (unpaired) electrons. The Kier molecular flexibility index (Phi) is 4.16. The van der Waals surface area contributed by atoms with Crippen molar-refractivity contribution in [3.8, 4) is 6.07 Å². The van der Waals surface area contributed by atoms with E-state index in [0.29, 0.717) is 35.8 Å². The topological polar surface area (TPSA) is 112 Å². The number of aryl methyl sites for hydroxylation is 2. The van der Waals surface area contributed by atoms with Crippen molar-refractivity contribution in [1.82, 2.24) is 15.2 Å². The monoisotopic (exact) mass is 394 g/mol. The van der Waals surface area contributed by atoms with Gasteiger partial charge in [-0.15, -0.1) is 11.3 Å². The number of anilines is 1. The van der Waals surface area contributed by atoms with Gasteiger partial charge in [0.25, 0.3) is 0 Å². The molecule has 0 saturated carbocycles. The maximum atomic E-state index is 13.3. The first-order valence-electron chi connectivity index (χ1n) is 9.12. The Morgan fingerprint density at radius 2 is 2.14 bits per heavy atom. The average Bonchev–Trinajstić information content (AvgIpc) is 3.22. The van der Waals surface area contributed by atoms with E-state index in [-0.39, 0.29) is 11.2 Å². The first-order chi connectivity index (χ1) is 13.2. The Bertz CT molecular complexity index is 1070. The van der Waals surface area contributed by atoms with Crippen molar-refractivity contribution in [2.75, 3.05) is 4.90 Å². The standard InChI is InChI=1S/C20H22N6OS/c1-10-5-12(11(2)28-10)16-13(8-21)18(22)26(19-23-9-24-25-19)14-6-20(3,4)7-15(27)17(14)16/h5,9,16H,6-7,22H2,1-4H3,(H,23,24,25)/t16-/m0/s1. The van der Waals surface area contributed by atoms with Gasteiger partial charge in [-0.05, 0) is 37.3 Å². The lowest BCUT2D eigenvalue weighted by atomic mass is 9.68.